The van der Waals surface area contributed by atoms with Gasteiger partial charge in [-0.15, -0.1) is 0 Å². The van der Waals surface area contributed by atoms with E-state index in [2.05, 4.69) is 32.6 Å². The summed E-state index contributed by atoms with van der Waals surface area (Å²) >= 11 is 0. The number of rotatable bonds is 9. The van der Waals surface area contributed by atoms with Crippen LogP contribution in [0.5, 0.6) is 0 Å². The molecule has 1 rings (SSSR count). The first kappa shape index (κ1) is 17.0. The summed E-state index contributed by atoms with van der Waals surface area (Å²) in [6, 6.07) is 0.754. The van der Waals surface area contributed by atoms with Crippen molar-refractivity contribution in [1.82, 2.24) is 4.90 Å². The van der Waals surface area contributed by atoms with Crippen LogP contribution < -0.4 is 5.73 Å². The zero-order chi connectivity index (χ0) is 14.3. The van der Waals surface area contributed by atoms with Crippen molar-refractivity contribution in [3.05, 3.63) is 0 Å². The SMILES string of the molecule is CCCCCCCC(C)(CN)N1CCCC1C(C)C. The van der Waals surface area contributed by atoms with Crippen LogP contribution >= 0.6 is 0 Å². The summed E-state index contributed by atoms with van der Waals surface area (Å²) in [6.07, 6.45) is 10.8. The van der Waals surface area contributed by atoms with Crippen molar-refractivity contribution < 1.29 is 0 Å². The molecule has 0 aromatic carbocycles. The lowest BCUT2D eigenvalue weighted by molar-refractivity contribution is 0.0644. The minimum absolute atomic E-state index is 0.234. The van der Waals surface area contributed by atoms with Gasteiger partial charge in [-0.3, -0.25) is 4.90 Å². The van der Waals surface area contributed by atoms with Gasteiger partial charge in [0.15, 0.2) is 0 Å². The molecule has 0 saturated carbocycles. The Morgan fingerprint density at radius 2 is 1.89 bits per heavy atom. The third-order valence-electron chi connectivity index (χ3n) is 5.02. The van der Waals surface area contributed by atoms with Crippen LogP contribution in [0.4, 0.5) is 0 Å². The fraction of sp³-hybridized carbons (Fsp3) is 1.00. The lowest BCUT2D eigenvalue weighted by Crippen LogP contribution is -2.54. The van der Waals surface area contributed by atoms with E-state index < -0.39 is 0 Å². The Hall–Kier alpha value is -0.0800. The summed E-state index contributed by atoms with van der Waals surface area (Å²) < 4.78 is 0. The van der Waals surface area contributed by atoms with Gasteiger partial charge in [0.1, 0.15) is 0 Å². The normalized spacial score (nSPS) is 24.0. The second-order valence-electron chi connectivity index (χ2n) is 7.01. The van der Waals surface area contributed by atoms with Gasteiger partial charge >= 0.3 is 0 Å². The quantitative estimate of drug-likeness (QED) is 0.635. The Morgan fingerprint density at radius 1 is 1.21 bits per heavy atom. The Kier molecular flexibility index (Phi) is 7.38. The predicted octanol–water partition coefficient (Wildman–Crippen LogP) is 4.18. The largest absolute Gasteiger partial charge is 0.329 e. The molecule has 114 valence electrons. The lowest BCUT2D eigenvalue weighted by Gasteiger charge is -2.43. The van der Waals surface area contributed by atoms with Crippen molar-refractivity contribution in [2.24, 2.45) is 11.7 Å². The van der Waals surface area contributed by atoms with Gasteiger partial charge in [-0.25, -0.2) is 0 Å². The van der Waals surface area contributed by atoms with Crippen molar-refractivity contribution in [3.8, 4) is 0 Å². The lowest BCUT2D eigenvalue weighted by atomic mass is 9.89. The van der Waals surface area contributed by atoms with Gasteiger partial charge in [0.25, 0.3) is 0 Å². The first-order valence-electron chi connectivity index (χ1n) is 8.52. The molecule has 0 amide bonds. The van der Waals surface area contributed by atoms with E-state index in [0.29, 0.717) is 0 Å². The highest BCUT2D eigenvalue weighted by atomic mass is 15.2. The first-order valence-corrected chi connectivity index (χ1v) is 8.52. The maximum Gasteiger partial charge on any atom is 0.0306 e. The van der Waals surface area contributed by atoms with E-state index in [1.54, 1.807) is 0 Å². The number of unbranched alkanes of at least 4 members (excludes halogenated alkanes) is 4. The van der Waals surface area contributed by atoms with Crippen molar-refractivity contribution in [1.29, 1.82) is 0 Å². The molecule has 0 spiro atoms. The molecule has 0 aromatic rings. The van der Waals surface area contributed by atoms with E-state index in [-0.39, 0.29) is 5.54 Å². The molecule has 0 aromatic heterocycles. The summed E-state index contributed by atoms with van der Waals surface area (Å²) in [6.45, 7) is 11.5. The van der Waals surface area contributed by atoms with Gasteiger partial charge in [0.05, 0.1) is 0 Å². The molecule has 0 aliphatic carbocycles. The molecular formula is C17H36N2. The first-order chi connectivity index (χ1) is 9.05. The highest BCUT2D eigenvalue weighted by Gasteiger charge is 2.38. The summed E-state index contributed by atoms with van der Waals surface area (Å²) in [7, 11) is 0. The number of hydrogen-bond donors (Lipinski definition) is 1. The Morgan fingerprint density at radius 3 is 2.47 bits per heavy atom. The summed E-state index contributed by atoms with van der Waals surface area (Å²) in [5.41, 5.74) is 6.38. The summed E-state index contributed by atoms with van der Waals surface area (Å²) in [5.74, 6) is 0.758. The number of likely N-dealkylation sites (tertiary alicyclic amines) is 1. The molecule has 1 aliphatic rings. The van der Waals surface area contributed by atoms with Crippen LogP contribution in [-0.2, 0) is 0 Å². The number of nitrogens with two attached hydrogens (primary N) is 1. The molecule has 1 aliphatic heterocycles. The maximum atomic E-state index is 6.15. The molecule has 2 heteroatoms. The van der Waals surface area contributed by atoms with E-state index >= 15 is 0 Å². The molecule has 0 radical (unpaired) electrons. The van der Waals surface area contributed by atoms with Crippen LogP contribution in [0.1, 0.15) is 79.1 Å². The Bertz CT molecular complexity index is 239. The van der Waals surface area contributed by atoms with Crippen LogP contribution in [0.15, 0.2) is 0 Å². The summed E-state index contributed by atoms with van der Waals surface area (Å²) in [5, 5.41) is 0. The van der Waals surface area contributed by atoms with Crippen molar-refractivity contribution in [2.45, 2.75) is 90.6 Å². The van der Waals surface area contributed by atoms with Crippen LogP contribution in [-0.4, -0.2) is 29.6 Å². The molecule has 2 N–H and O–H groups in total. The van der Waals surface area contributed by atoms with Crippen LogP contribution in [0, 0.1) is 5.92 Å². The molecule has 0 bridgehead atoms. The number of nitrogens with zero attached hydrogens (tertiary/aromatic N) is 1. The van der Waals surface area contributed by atoms with Gasteiger partial charge < -0.3 is 5.73 Å². The van der Waals surface area contributed by atoms with Gasteiger partial charge in [0.2, 0.25) is 0 Å². The van der Waals surface area contributed by atoms with E-state index in [1.807, 2.05) is 0 Å². The third-order valence-corrected chi connectivity index (χ3v) is 5.02. The van der Waals surface area contributed by atoms with E-state index in [4.69, 9.17) is 5.73 Å². The predicted molar refractivity (Wildman–Crippen MR) is 85.4 cm³/mol. The van der Waals surface area contributed by atoms with E-state index in [9.17, 15) is 0 Å². The molecule has 2 atom stereocenters. The monoisotopic (exact) mass is 268 g/mol. The molecule has 1 saturated heterocycles. The van der Waals surface area contributed by atoms with Gasteiger partial charge in [0, 0.05) is 18.1 Å². The maximum absolute atomic E-state index is 6.15. The molecule has 2 unspecified atom stereocenters. The zero-order valence-electron chi connectivity index (χ0n) is 13.8. The van der Waals surface area contributed by atoms with Gasteiger partial charge in [-0.1, -0.05) is 52.9 Å². The highest BCUT2D eigenvalue weighted by Crippen LogP contribution is 2.33. The minimum atomic E-state index is 0.234. The number of hydrogen-bond acceptors (Lipinski definition) is 2. The zero-order valence-corrected chi connectivity index (χ0v) is 13.8. The molecular weight excluding hydrogens is 232 g/mol. The molecule has 2 nitrogen and oxygen atoms in total. The Balaban J connectivity index is 2.48. The highest BCUT2D eigenvalue weighted by molar-refractivity contribution is 4.95. The fourth-order valence-electron chi connectivity index (χ4n) is 3.63. The minimum Gasteiger partial charge on any atom is -0.329 e. The van der Waals surface area contributed by atoms with E-state index in [0.717, 1.165) is 18.5 Å². The van der Waals surface area contributed by atoms with Crippen LogP contribution in [0.3, 0.4) is 0 Å². The fourth-order valence-corrected chi connectivity index (χ4v) is 3.63. The standard InChI is InChI=1S/C17H36N2/c1-5-6-7-8-9-12-17(4,14-18)19-13-10-11-16(19)15(2)3/h15-16H,5-14,18H2,1-4H3. The van der Waals surface area contributed by atoms with Crippen molar-refractivity contribution in [2.75, 3.05) is 13.1 Å². The molecule has 1 fully saturated rings. The van der Waals surface area contributed by atoms with Crippen molar-refractivity contribution >= 4 is 0 Å². The summed E-state index contributed by atoms with van der Waals surface area (Å²) in [4.78, 5) is 2.73. The van der Waals surface area contributed by atoms with Crippen LogP contribution in [0.25, 0.3) is 0 Å². The van der Waals surface area contributed by atoms with Crippen molar-refractivity contribution in [3.63, 3.8) is 0 Å². The molecule has 19 heavy (non-hydrogen) atoms. The second kappa shape index (κ2) is 8.26. The smallest absolute Gasteiger partial charge is 0.0306 e. The Labute approximate surface area is 121 Å². The second-order valence-corrected chi connectivity index (χ2v) is 7.01. The third kappa shape index (κ3) is 4.75. The molecule has 1 heterocycles. The van der Waals surface area contributed by atoms with Crippen LogP contribution in [0.2, 0.25) is 0 Å². The average Bonchev–Trinajstić information content (AvgIpc) is 2.88. The topological polar surface area (TPSA) is 29.3 Å². The van der Waals surface area contributed by atoms with E-state index in [1.165, 1.54) is 57.9 Å². The van der Waals surface area contributed by atoms with Gasteiger partial charge in [-0.05, 0) is 38.6 Å². The average molecular weight is 268 g/mol. The van der Waals surface area contributed by atoms with Gasteiger partial charge in [-0.2, -0.15) is 0 Å².